The van der Waals surface area contributed by atoms with Crippen LogP contribution in [0.4, 0.5) is 5.69 Å². The van der Waals surface area contributed by atoms with Crippen molar-refractivity contribution in [2.24, 2.45) is 0 Å². The Labute approximate surface area is 200 Å². The van der Waals surface area contributed by atoms with Crippen molar-refractivity contribution < 1.29 is 18.1 Å². The van der Waals surface area contributed by atoms with E-state index < -0.39 is 21.0 Å². The number of nitro benzene ring substituents is 1. The molecule has 1 saturated heterocycles. The van der Waals surface area contributed by atoms with E-state index in [4.69, 9.17) is 0 Å². The molecule has 9 nitrogen and oxygen atoms in total. The lowest BCUT2D eigenvalue weighted by atomic mass is 10.1. The van der Waals surface area contributed by atoms with E-state index in [1.54, 1.807) is 4.90 Å². The third kappa shape index (κ3) is 6.96. The fraction of sp³-hybridized carbons (Fsp3) is 0.375. The minimum atomic E-state index is -4.00. The molecule has 0 aliphatic carbocycles. The zero-order valence-electron chi connectivity index (χ0n) is 19.2. The van der Waals surface area contributed by atoms with E-state index in [9.17, 15) is 23.3 Å². The van der Waals surface area contributed by atoms with Crippen LogP contribution in [0.5, 0.6) is 0 Å². The first-order valence-corrected chi connectivity index (χ1v) is 12.8. The van der Waals surface area contributed by atoms with E-state index in [0.717, 1.165) is 24.2 Å². The Morgan fingerprint density at radius 1 is 1.09 bits per heavy atom. The molecule has 2 aromatic rings. The van der Waals surface area contributed by atoms with E-state index in [2.05, 4.69) is 21.8 Å². The molecular formula is C24H30N4O5S. The van der Waals surface area contributed by atoms with Crippen LogP contribution in [0.15, 0.2) is 65.6 Å². The summed E-state index contributed by atoms with van der Waals surface area (Å²) in [4.78, 5) is 27.2. The highest BCUT2D eigenvalue weighted by Gasteiger charge is 2.30. The van der Waals surface area contributed by atoms with Gasteiger partial charge in [-0.2, -0.15) is 4.72 Å². The number of amides is 1. The van der Waals surface area contributed by atoms with E-state index in [-0.39, 0.29) is 16.5 Å². The van der Waals surface area contributed by atoms with Crippen LogP contribution in [-0.4, -0.2) is 67.8 Å². The monoisotopic (exact) mass is 486 g/mol. The summed E-state index contributed by atoms with van der Waals surface area (Å²) in [7, 11) is -4.00. The van der Waals surface area contributed by atoms with Gasteiger partial charge in [-0.25, -0.2) is 8.42 Å². The van der Waals surface area contributed by atoms with Crippen LogP contribution < -0.4 is 4.72 Å². The highest BCUT2D eigenvalue weighted by atomic mass is 32.2. The van der Waals surface area contributed by atoms with Gasteiger partial charge in [0.05, 0.1) is 9.82 Å². The first-order chi connectivity index (χ1) is 16.3. The molecule has 2 aromatic carbocycles. The average Bonchev–Trinajstić information content (AvgIpc) is 2.84. The molecule has 1 aliphatic heterocycles. The molecule has 0 radical (unpaired) electrons. The van der Waals surface area contributed by atoms with Crippen molar-refractivity contribution in [2.75, 3.05) is 32.7 Å². The van der Waals surface area contributed by atoms with E-state index >= 15 is 0 Å². The van der Waals surface area contributed by atoms with Gasteiger partial charge in [0, 0.05) is 44.9 Å². The summed E-state index contributed by atoms with van der Waals surface area (Å²) in [6.07, 6.45) is 5.17. The molecular weight excluding hydrogens is 456 g/mol. The second-order valence-corrected chi connectivity index (χ2v) is 9.87. The maximum absolute atomic E-state index is 13.1. The lowest BCUT2D eigenvalue weighted by Crippen LogP contribution is -2.54. The highest BCUT2D eigenvalue weighted by Crippen LogP contribution is 2.17. The van der Waals surface area contributed by atoms with Crippen LogP contribution in [0.1, 0.15) is 25.3 Å². The first kappa shape index (κ1) is 25.5. The number of hydrogen-bond acceptors (Lipinski definition) is 6. The normalized spacial score (nSPS) is 16.0. The Morgan fingerprint density at radius 3 is 2.32 bits per heavy atom. The predicted octanol–water partition coefficient (Wildman–Crippen LogP) is 2.90. The number of nitro groups is 1. The maximum Gasteiger partial charge on any atom is 0.269 e. The smallest absolute Gasteiger partial charge is 0.269 e. The standard InChI is InChI=1S/C24H30N4O5S/c1-2-7-23(25-34(32,33)22-13-11-21(12-14-22)28(30)31)24(29)27-18-16-26(17-19-27)15-6-10-20-8-4-3-5-9-20/h3-6,8-14,23,25H,2,7,15-19H2,1H3/b10-6+. The van der Waals surface area contributed by atoms with E-state index in [1.807, 2.05) is 37.3 Å². The summed E-state index contributed by atoms with van der Waals surface area (Å²) in [5, 5.41) is 10.8. The molecule has 0 saturated carbocycles. The number of benzene rings is 2. The zero-order chi connectivity index (χ0) is 24.6. The summed E-state index contributed by atoms with van der Waals surface area (Å²) < 4.78 is 28.1. The largest absolute Gasteiger partial charge is 0.339 e. The summed E-state index contributed by atoms with van der Waals surface area (Å²) in [5.74, 6) is -0.244. The van der Waals surface area contributed by atoms with Crippen molar-refractivity contribution in [3.8, 4) is 0 Å². The van der Waals surface area contributed by atoms with E-state index in [1.165, 1.54) is 12.1 Å². The number of nitrogens with zero attached hydrogens (tertiary/aromatic N) is 3. The van der Waals surface area contributed by atoms with Crippen LogP contribution in [-0.2, 0) is 14.8 Å². The third-order valence-corrected chi connectivity index (χ3v) is 7.18. The minimum Gasteiger partial charge on any atom is -0.339 e. The molecule has 1 unspecified atom stereocenters. The second kappa shape index (κ2) is 11.9. The zero-order valence-corrected chi connectivity index (χ0v) is 20.0. The van der Waals surface area contributed by atoms with Gasteiger partial charge in [-0.1, -0.05) is 55.8 Å². The van der Waals surface area contributed by atoms with Crippen molar-refractivity contribution >= 4 is 27.7 Å². The molecule has 1 fully saturated rings. The molecule has 10 heteroatoms. The molecule has 0 bridgehead atoms. The Morgan fingerprint density at radius 2 is 1.74 bits per heavy atom. The molecule has 1 N–H and O–H groups in total. The number of hydrogen-bond donors (Lipinski definition) is 1. The molecule has 0 spiro atoms. The Kier molecular flexibility index (Phi) is 8.91. The SMILES string of the molecule is CCCC(NS(=O)(=O)c1ccc([N+](=O)[O-])cc1)C(=O)N1CCN(C/C=C/c2ccccc2)CC1. The lowest BCUT2D eigenvalue weighted by molar-refractivity contribution is -0.384. The summed E-state index contributed by atoms with van der Waals surface area (Å²) in [5.41, 5.74) is 0.940. The summed E-state index contributed by atoms with van der Waals surface area (Å²) in [6, 6.07) is 13.8. The third-order valence-electron chi connectivity index (χ3n) is 5.69. The van der Waals surface area contributed by atoms with Crippen molar-refractivity contribution in [2.45, 2.75) is 30.7 Å². The number of nitrogens with one attached hydrogen (secondary N) is 1. The van der Waals surface area contributed by atoms with Gasteiger partial charge in [0.15, 0.2) is 0 Å². The van der Waals surface area contributed by atoms with Gasteiger partial charge < -0.3 is 4.90 Å². The molecule has 182 valence electrons. The number of piperazine rings is 1. The summed E-state index contributed by atoms with van der Waals surface area (Å²) in [6.45, 7) is 5.13. The fourth-order valence-electron chi connectivity index (χ4n) is 3.80. The van der Waals surface area contributed by atoms with Crippen molar-refractivity contribution in [3.05, 3.63) is 76.4 Å². The van der Waals surface area contributed by atoms with Gasteiger partial charge in [0.25, 0.3) is 5.69 Å². The van der Waals surface area contributed by atoms with Gasteiger partial charge in [-0.05, 0) is 24.1 Å². The van der Waals surface area contributed by atoms with Crippen molar-refractivity contribution in [3.63, 3.8) is 0 Å². The average molecular weight is 487 g/mol. The van der Waals surface area contributed by atoms with Gasteiger partial charge in [-0.15, -0.1) is 0 Å². The number of non-ortho nitro benzene ring substituents is 1. The van der Waals surface area contributed by atoms with Crippen molar-refractivity contribution in [1.82, 2.24) is 14.5 Å². The number of sulfonamides is 1. The molecule has 1 atom stereocenters. The van der Waals surface area contributed by atoms with Crippen LogP contribution in [0.25, 0.3) is 6.08 Å². The molecule has 1 aliphatic rings. The molecule has 0 aromatic heterocycles. The molecule has 3 rings (SSSR count). The second-order valence-electron chi connectivity index (χ2n) is 8.15. The minimum absolute atomic E-state index is 0.109. The Balaban J connectivity index is 1.57. The van der Waals surface area contributed by atoms with Gasteiger partial charge >= 0.3 is 0 Å². The fourth-order valence-corrected chi connectivity index (χ4v) is 5.02. The molecule has 34 heavy (non-hydrogen) atoms. The van der Waals surface area contributed by atoms with Crippen LogP contribution >= 0.6 is 0 Å². The topological polar surface area (TPSA) is 113 Å². The van der Waals surface area contributed by atoms with Crippen molar-refractivity contribution in [1.29, 1.82) is 0 Å². The molecule has 1 amide bonds. The van der Waals surface area contributed by atoms with Crippen LogP contribution in [0.3, 0.4) is 0 Å². The number of carbonyl (C=O) groups excluding carboxylic acids is 1. The Hall–Kier alpha value is -3.08. The van der Waals surface area contributed by atoms with Gasteiger partial charge in [-0.3, -0.25) is 19.8 Å². The highest BCUT2D eigenvalue weighted by molar-refractivity contribution is 7.89. The van der Waals surface area contributed by atoms with Gasteiger partial charge in [0.1, 0.15) is 6.04 Å². The number of rotatable bonds is 10. The maximum atomic E-state index is 13.1. The Bertz CT molecular complexity index is 1100. The van der Waals surface area contributed by atoms with Gasteiger partial charge in [0.2, 0.25) is 15.9 Å². The lowest BCUT2D eigenvalue weighted by Gasteiger charge is -2.36. The van der Waals surface area contributed by atoms with Crippen LogP contribution in [0.2, 0.25) is 0 Å². The first-order valence-electron chi connectivity index (χ1n) is 11.3. The van der Waals surface area contributed by atoms with E-state index in [0.29, 0.717) is 39.0 Å². The molecule has 1 heterocycles. The summed E-state index contributed by atoms with van der Waals surface area (Å²) >= 11 is 0. The number of carbonyl (C=O) groups is 1. The van der Waals surface area contributed by atoms with Crippen LogP contribution in [0, 0.1) is 10.1 Å². The predicted molar refractivity (Wildman–Crippen MR) is 131 cm³/mol. The quantitative estimate of drug-likeness (QED) is 0.408.